The summed E-state index contributed by atoms with van der Waals surface area (Å²) in [7, 11) is 1.80. The zero-order valence-corrected chi connectivity index (χ0v) is 16.8. The van der Waals surface area contributed by atoms with Crippen LogP contribution in [0.15, 0.2) is 24.5 Å². The average Bonchev–Trinajstić information content (AvgIpc) is 3.14. The van der Waals surface area contributed by atoms with Crippen LogP contribution in [0.25, 0.3) is 21.9 Å². The lowest BCUT2D eigenvalue weighted by molar-refractivity contribution is 0.434. The molecule has 2 atom stereocenters. The van der Waals surface area contributed by atoms with Crippen LogP contribution in [0.4, 0.5) is 16.0 Å². The van der Waals surface area contributed by atoms with E-state index in [0.29, 0.717) is 39.5 Å². The number of aromatic nitrogens is 5. The van der Waals surface area contributed by atoms with E-state index in [-0.39, 0.29) is 29.7 Å². The Balaban J connectivity index is 1.54. The Labute approximate surface area is 176 Å². The van der Waals surface area contributed by atoms with Gasteiger partial charge in [-0.25, -0.2) is 14.4 Å². The number of aromatic amines is 1. The van der Waals surface area contributed by atoms with E-state index in [1.54, 1.807) is 13.1 Å². The molecule has 3 heterocycles. The van der Waals surface area contributed by atoms with Gasteiger partial charge in [0, 0.05) is 24.4 Å². The van der Waals surface area contributed by atoms with Crippen LogP contribution in [-0.2, 0) is 0 Å². The first-order chi connectivity index (χ1) is 15.0. The topological polar surface area (TPSA) is 141 Å². The molecule has 10 heteroatoms. The number of ether oxygens (including phenoxy) is 1. The highest BCUT2D eigenvalue weighted by Crippen LogP contribution is 2.57. The zero-order chi connectivity index (χ0) is 21.3. The Bertz CT molecular complexity index is 1310. The van der Waals surface area contributed by atoms with Gasteiger partial charge >= 0.3 is 6.01 Å². The normalized spacial score (nSPS) is 24.5. The second-order valence-electron chi connectivity index (χ2n) is 8.29. The quantitative estimate of drug-likeness (QED) is 0.395. The van der Waals surface area contributed by atoms with Crippen molar-refractivity contribution in [1.29, 1.82) is 0 Å². The highest BCUT2D eigenvalue weighted by Gasteiger charge is 2.54. The predicted molar refractivity (Wildman–Crippen MR) is 114 cm³/mol. The Hall–Kier alpha value is -3.53. The zero-order valence-electron chi connectivity index (χ0n) is 16.8. The minimum Gasteiger partial charge on any atom is -0.421 e. The summed E-state index contributed by atoms with van der Waals surface area (Å²) in [5.41, 5.74) is 14.4. The minimum absolute atomic E-state index is 0.150. The summed E-state index contributed by atoms with van der Waals surface area (Å²) in [4.78, 5) is 20.4. The minimum atomic E-state index is -0.314. The molecule has 6 N–H and O–H groups in total. The van der Waals surface area contributed by atoms with Crippen LogP contribution in [-0.4, -0.2) is 38.0 Å². The third kappa shape index (κ3) is 2.78. The molecular formula is C21H21FN8O. The highest BCUT2D eigenvalue weighted by molar-refractivity contribution is 6.11. The average molecular weight is 420 g/mol. The van der Waals surface area contributed by atoms with Gasteiger partial charge in [-0.2, -0.15) is 9.97 Å². The number of H-pyrrole nitrogens is 1. The number of hydrogen-bond acceptors (Lipinski definition) is 8. The van der Waals surface area contributed by atoms with Gasteiger partial charge in [-0.05, 0) is 36.8 Å². The van der Waals surface area contributed by atoms with Gasteiger partial charge in [0.05, 0.1) is 34.7 Å². The standard InChI is InChI=1S/C21H21FN8O/c1-25-13-3-2-12(22)14-15-17(8-4-10-11(5-8)16(10)23)29-21(30-19(15)28-18(13)14)31-9-6-26-20(24)27-7-9/h2-3,6-8,10-11,16,25H,4-5,23H2,1H3,(H2,24,26,27)(H,28,29,30). The lowest BCUT2D eigenvalue weighted by Gasteiger charge is -2.15. The third-order valence-corrected chi connectivity index (χ3v) is 6.59. The Morgan fingerprint density at radius 3 is 2.58 bits per heavy atom. The van der Waals surface area contributed by atoms with E-state index >= 15 is 0 Å². The molecule has 0 saturated heterocycles. The summed E-state index contributed by atoms with van der Waals surface area (Å²) in [6.07, 6.45) is 4.79. The predicted octanol–water partition coefficient (Wildman–Crippen LogP) is 2.91. The number of halogens is 1. The van der Waals surface area contributed by atoms with Crippen molar-refractivity contribution in [2.45, 2.75) is 24.8 Å². The van der Waals surface area contributed by atoms with Crippen molar-refractivity contribution < 1.29 is 9.13 Å². The Morgan fingerprint density at radius 2 is 1.87 bits per heavy atom. The molecular weight excluding hydrogens is 399 g/mol. The van der Waals surface area contributed by atoms with Gasteiger partial charge in [-0.1, -0.05) is 0 Å². The van der Waals surface area contributed by atoms with Crippen LogP contribution in [0, 0.1) is 17.7 Å². The second-order valence-corrected chi connectivity index (χ2v) is 8.29. The van der Waals surface area contributed by atoms with Gasteiger partial charge in [0.2, 0.25) is 5.95 Å². The molecule has 3 aromatic heterocycles. The van der Waals surface area contributed by atoms with Crippen LogP contribution in [0.1, 0.15) is 24.5 Å². The molecule has 31 heavy (non-hydrogen) atoms. The fraction of sp³-hybridized carbons (Fsp3) is 0.333. The summed E-state index contributed by atoms with van der Waals surface area (Å²) in [6, 6.07) is 3.58. The maximum absolute atomic E-state index is 15.0. The van der Waals surface area contributed by atoms with Crippen LogP contribution in [0.3, 0.4) is 0 Å². The van der Waals surface area contributed by atoms with Crippen molar-refractivity contribution in [2.75, 3.05) is 18.1 Å². The van der Waals surface area contributed by atoms with Crippen molar-refractivity contribution >= 4 is 33.6 Å². The van der Waals surface area contributed by atoms with Gasteiger partial charge in [-0.3, -0.25) is 0 Å². The molecule has 4 aromatic rings. The van der Waals surface area contributed by atoms with Crippen LogP contribution < -0.4 is 21.5 Å². The number of rotatable bonds is 4. The lowest BCUT2D eigenvalue weighted by atomic mass is 9.95. The number of nitrogens with two attached hydrogens (primary N) is 2. The van der Waals surface area contributed by atoms with Gasteiger partial charge in [0.1, 0.15) is 11.5 Å². The monoisotopic (exact) mass is 420 g/mol. The summed E-state index contributed by atoms with van der Waals surface area (Å²) < 4.78 is 20.8. The molecule has 9 nitrogen and oxygen atoms in total. The number of nitrogen functional groups attached to an aromatic ring is 1. The van der Waals surface area contributed by atoms with Crippen LogP contribution >= 0.6 is 0 Å². The first kappa shape index (κ1) is 18.3. The van der Waals surface area contributed by atoms with Gasteiger partial charge in [0.15, 0.2) is 5.75 Å². The number of anilines is 2. The maximum atomic E-state index is 15.0. The van der Waals surface area contributed by atoms with Crippen LogP contribution in [0.2, 0.25) is 0 Å². The van der Waals surface area contributed by atoms with Crippen molar-refractivity contribution in [1.82, 2.24) is 24.9 Å². The van der Waals surface area contributed by atoms with E-state index in [2.05, 4.69) is 25.3 Å². The van der Waals surface area contributed by atoms with Gasteiger partial charge in [-0.15, -0.1) is 0 Å². The third-order valence-electron chi connectivity index (χ3n) is 6.59. The summed E-state index contributed by atoms with van der Waals surface area (Å²) in [5, 5.41) is 4.29. The van der Waals surface area contributed by atoms with E-state index < -0.39 is 0 Å². The molecule has 2 saturated carbocycles. The molecule has 0 bridgehead atoms. The SMILES string of the molecule is CNc1ccc(F)c2c1[nH]c1nc(Oc3cnc(N)nc3)nc(C3CC4C(N)C4C3)c12. The Morgan fingerprint density at radius 1 is 1.13 bits per heavy atom. The molecule has 2 unspecified atom stereocenters. The number of hydrogen-bond donors (Lipinski definition) is 4. The fourth-order valence-corrected chi connectivity index (χ4v) is 5.01. The van der Waals surface area contributed by atoms with Gasteiger partial charge < -0.3 is 26.5 Å². The fourth-order valence-electron chi connectivity index (χ4n) is 5.01. The van der Waals surface area contributed by atoms with Crippen LogP contribution in [0.5, 0.6) is 11.8 Å². The molecule has 6 rings (SSSR count). The molecule has 1 aromatic carbocycles. The summed E-state index contributed by atoms with van der Waals surface area (Å²) in [5.74, 6) is 1.39. The van der Waals surface area contributed by atoms with E-state index in [1.807, 2.05) is 0 Å². The molecule has 2 aliphatic rings. The largest absolute Gasteiger partial charge is 0.421 e. The Kier molecular flexibility index (Phi) is 3.82. The first-order valence-corrected chi connectivity index (χ1v) is 10.2. The maximum Gasteiger partial charge on any atom is 0.324 e. The van der Waals surface area contributed by atoms with E-state index in [9.17, 15) is 4.39 Å². The number of nitrogens with one attached hydrogen (secondary N) is 2. The number of benzene rings is 1. The molecule has 0 radical (unpaired) electrons. The second kappa shape index (κ2) is 6.48. The molecule has 2 aliphatic carbocycles. The van der Waals surface area contributed by atoms with Crippen molar-refractivity contribution in [3.63, 3.8) is 0 Å². The highest BCUT2D eigenvalue weighted by atomic mass is 19.1. The molecule has 0 spiro atoms. The van der Waals surface area contributed by atoms with Crippen molar-refractivity contribution in [2.24, 2.45) is 17.6 Å². The van der Waals surface area contributed by atoms with E-state index in [0.717, 1.165) is 24.2 Å². The number of fused-ring (bicyclic) bond motifs is 4. The lowest BCUT2D eigenvalue weighted by Crippen LogP contribution is -2.12. The summed E-state index contributed by atoms with van der Waals surface area (Å²) >= 11 is 0. The molecule has 0 amide bonds. The molecule has 2 fully saturated rings. The smallest absolute Gasteiger partial charge is 0.324 e. The van der Waals surface area contributed by atoms with E-state index in [4.69, 9.17) is 21.2 Å². The first-order valence-electron chi connectivity index (χ1n) is 10.2. The van der Waals surface area contributed by atoms with Crippen molar-refractivity contribution in [3.05, 3.63) is 36.0 Å². The number of nitrogens with zero attached hydrogens (tertiary/aromatic N) is 4. The molecule has 158 valence electrons. The summed E-state index contributed by atoms with van der Waals surface area (Å²) in [6.45, 7) is 0. The van der Waals surface area contributed by atoms with E-state index in [1.165, 1.54) is 18.5 Å². The van der Waals surface area contributed by atoms with Gasteiger partial charge in [0.25, 0.3) is 0 Å². The molecule has 0 aliphatic heterocycles. The van der Waals surface area contributed by atoms with Crippen molar-refractivity contribution in [3.8, 4) is 11.8 Å².